The molecule has 0 saturated heterocycles. The van der Waals surface area contributed by atoms with E-state index in [1.165, 1.54) is 6.07 Å². The van der Waals surface area contributed by atoms with Gasteiger partial charge in [-0.1, -0.05) is 15.9 Å². The summed E-state index contributed by atoms with van der Waals surface area (Å²) in [6, 6.07) is 7.01. The van der Waals surface area contributed by atoms with Crippen molar-refractivity contribution in [3.63, 3.8) is 0 Å². The molecule has 0 bridgehead atoms. The maximum absolute atomic E-state index is 12.2. The van der Waals surface area contributed by atoms with E-state index < -0.39 is 11.9 Å². The number of thiocarbonyl (C=S) groups is 1. The summed E-state index contributed by atoms with van der Waals surface area (Å²) < 4.78 is 8.63. The van der Waals surface area contributed by atoms with Gasteiger partial charge < -0.3 is 15.2 Å². The number of anilines is 1. The molecule has 0 aliphatic rings. The highest BCUT2D eigenvalue weighted by atomic mass is 127. The summed E-state index contributed by atoms with van der Waals surface area (Å²) in [5.41, 5.74) is 1.25. The standard InChI is InChI=1S/C17H12Br2I2N2O4S/c1-7-2-8(18)3-11(19)15(7)27-6-13(24)22-17(28)23-14-10(16(25)26)4-9(20)5-12(14)21/h2-5H,6H2,1H3,(H,25,26)(H2,22,23,24,28). The highest BCUT2D eigenvalue weighted by molar-refractivity contribution is 14.1. The van der Waals surface area contributed by atoms with Crippen molar-refractivity contribution in [3.8, 4) is 5.75 Å². The second-order valence-corrected chi connectivity index (χ2v) is 10.0. The van der Waals surface area contributed by atoms with Crippen LogP contribution >= 0.6 is 89.3 Å². The predicted octanol–water partition coefficient (Wildman–Crippen LogP) is 5.32. The quantitative estimate of drug-likeness (QED) is 0.284. The van der Waals surface area contributed by atoms with Crippen LogP contribution in [0.1, 0.15) is 15.9 Å². The Hall–Kier alpha value is -0.510. The molecule has 0 radical (unpaired) electrons. The van der Waals surface area contributed by atoms with Crippen molar-refractivity contribution in [2.24, 2.45) is 0 Å². The van der Waals surface area contributed by atoms with Gasteiger partial charge in [0.15, 0.2) is 11.7 Å². The molecule has 0 aromatic heterocycles. The molecule has 148 valence electrons. The fourth-order valence-corrected chi connectivity index (χ4v) is 5.94. The van der Waals surface area contributed by atoms with E-state index in [0.29, 0.717) is 19.5 Å². The Morgan fingerprint density at radius 1 is 1.21 bits per heavy atom. The van der Waals surface area contributed by atoms with Crippen molar-refractivity contribution in [2.75, 3.05) is 11.9 Å². The number of aryl methyl sites for hydroxylation is 1. The molecule has 2 aromatic carbocycles. The van der Waals surface area contributed by atoms with E-state index in [-0.39, 0.29) is 17.3 Å². The lowest BCUT2D eigenvalue weighted by Crippen LogP contribution is -2.37. The summed E-state index contributed by atoms with van der Waals surface area (Å²) in [6.45, 7) is 1.61. The Morgan fingerprint density at radius 2 is 1.89 bits per heavy atom. The topological polar surface area (TPSA) is 87.7 Å². The van der Waals surface area contributed by atoms with Crippen LogP contribution < -0.4 is 15.4 Å². The molecule has 0 spiro atoms. The number of carbonyl (C=O) groups is 2. The molecule has 0 unspecified atom stereocenters. The molecule has 0 atom stereocenters. The van der Waals surface area contributed by atoms with Gasteiger partial charge in [-0.25, -0.2) is 4.79 Å². The second kappa shape index (κ2) is 10.5. The lowest BCUT2D eigenvalue weighted by atomic mass is 10.2. The monoisotopic (exact) mass is 752 g/mol. The van der Waals surface area contributed by atoms with Crippen molar-refractivity contribution in [1.29, 1.82) is 0 Å². The van der Waals surface area contributed by atoms with Crippen molar-refractivity contribution in [1.82, 2.24) is 5.32 Å². The molecule has 0 aliphatic heterocycles. The fraction of sp³-hybridized carbons (Fsp3) is 0.118. The first kappa shape index (κ1) is 23.8. The second-order valence-electron chi connectivity index (χ2n) is 5.44. The van der Waals surface area contributed by atoms with E-state index in [2.05, 4.69) is 42.5 Å². The van der Waals surface area contributed by atoms with Crippen molar-refractivity contribution >= 4 is 112 Å². The van der Waals surface area contributed by atoms with Gasteiger partial charge in [-0.15, -0.1) is 0 Å². The normalized spacial score (nSPS) is 10.3. The molecule has 0 fully saturated rings. The summed E-state index contributed by atoms with van der Waals surface area (Å²) >= 11 is 16.0. The number of carboxylic acids is 1. The number of rotatable bonds is 5. The Kier molecular flexibility index (Phi) is 8.91. The van der Waals surface area contributed by atoms with Crippen LogP contribution in [0.5, 0.6) is 5.75 Å². The van der Waals surface area contributed by atoms with Crippen LogP contribution in [0.25, 0.3) is 0 Å². The molecule has 2 aromatic rings. The minimum absolute atomic E-state index is 0.0122. The van der Waals surface area contributed by atoms with Crippen molar-refractivity contribution < 1.29 is 19.4 Å². The van der Waals surface area contributed by atoms with Gasteiger partial charge in [-0.2, -0.15) is 0 Å². The van der Waals surface area contributed by atoms with Gasteiger partial charge in [0.05, 0.1) is 15.7 Å². The molecular formula is C17H12Br2I2N2O4S. The Balaban J connectivity index is 2.03. The van der Waals surface area contributed by atoms with Gasteiger partial charge >= 0.3 is 5.97 Å². The number of halogens is 4. The third kappa shape index (κ3) is 6.50. The van der Waals surface area contributed by atoms with E-state index in [1.54, 1.807) is 6.07 Å². The average molecular weight is 754 g/mol. The average Bonchev–Trinajstić information content (AvgIpc) is 2.55. The number of carbonyl (C=O) groups excluding carboxylic acids is 1. The maximum atomic E-state index is 12.2. The number of carboxylic acid groups (broad SMARTS) is 1. The highest BCUT2D eigenvalue weighted by Gasteiger charge is 2.17. The SMILES string of the molecule is Cc1cc(Br)cc(Br)c1OCC(=O)NC(=S)Nc1c(I)cc(I)cc1C(=O)O. The first-order valence-electron chi connectivity index (χ1n) is 7.50. The zero-order chi connectivity index (χ0) is 21.0. The largest absolute Gasteiger partial charge is 0.482 e. The van der Waals surface area contributed by atoms with Crippen LogP contribution in [-0.2, 0) is 4.79 Å². The van der Waals surface area contributed by atoms with Crippen LogP contribution in [0.15, 0.2) is 33.2 Å². The molecule has 1 amide bonds. The van der Waals surface area contributed by atoms with E-state index >= 15 is 0 Å². The smallest absolute Gasteiger partial charge is 0.337 e. The zero-order valence-corrected chi connectivity index (χ0v) is 22.4. The predicted molar refractivity (Wildman–Crippen MR) is 135 cm³/mol. The van der Waals surface area contributed by atoms with Gasteiger partial charge in [-0.3, -0.25) is 10.1 Å². The number of ether oxygens (including phenoxy) is 1. The van der Waals surface area contributed by atoms with E-state index in [4.69, 9.17) is 17.0 Å². The molecule has 0 aliphatic carbocycles. The molecule has 0 saturated carbocycles. The van der Waals surface area contributed by atoms with Gasteiger partial charge in [-0.05, 0) is 110 Å². The summed E-state index contributed by atoms with van der Waals surface area (Å²) in [5.74, 6) is -1.01. The van der Waals surface area contributed by atoms with Crippen LogP contribution in [0.2, 0.25) is 0 Å². The van der Waals surface area contributed by atoms with Gasteiger partial charge in [0, 0.05) is 11.6 Å². The summed E-state index contributed by atoms with van der Waals surface area (Å²) in [5, 5.41) is 14.6. The number of hydrogen-bond acceptors (Lipinski definition) is 4. The first-order chi connectivity index (χ1) is 13.1. The Bertz CT molecular complexity index is 949. The molecule has 28 heavy (non-hydrogen) atoms. The van der Waals surface area contributed by atoms with E-state index in [9.17, 15) is 14.7 Å². The number of hydrogen-bond donors (Lipinski definition) is 3. The molecule has 2 rings (SSSR count). The van der Waals surface area contributed by atoms with Crippen molar-refractivity contribution in [2.45, 2.75) is 6.92 Å². The lowest BCUT2D eigenvalue weighted by Gasteiger charge is -2.15. The number of benzene rings is 2. The molecule has 6 nitrogen and oxygen atoms in total. The van der Waals surface area contributed by atoms with Gasteiger partial charge in [0.25, 0.3) is 5.91 Å². The first-order valence-corrected chi connectivity index (χ1v) is 11.6. The zero-order valence-electron chi connectivity index (χ0n) is 14.1. The minimum atomic E-state index is -1.09. The summed E-state index contributed by atoms with van der Waals surface area (Å²) in [6.07, 6.45) is 0. The Morgan fingerprint density at radius 3 is 2.50 bits per heavy atom. The number of amides is 1. The maximum Gasteiger partial charge on any atom is 0.337 e. The molecule has 0 heterocycles. The van der Waals surface area contributed by atoms with Gasteiger partial charge in [0.2, 0.25) is 0 Å². The third-order valence-corrected chi connectivity index (χ3v) is 6.04. The molecule has 11 heteroatoms. The Labute approximate surface area is 210 Å². The lowest BCUT2D eigenvalue weighted by molar-refractivity contribution is -0.121. The van der Waals surface area contributed by atoms with Crippen LogP contribution in [-0.4, -0.2) is 28.7 Å². The fourth-order valence-electron chi connectivity index (χ4n) is 2.19. The van der Waals surface area contributed by atoms with E-state index in [0.717, 1.165) is 13.6 Å². The molecular weight excluding hydrogens is 742 g/mol. The highest BCUT2D eigenvalue weighted by Crippen LogP contribution is 2.32. The van der Waals surface area contributed by atoms with Crippen LogP contribution in [0, 0.1) is 14.1 Å². The third-order valence-electron chi connectivity index (χ3n) is 3.32. The summed E-state index contributed by atoms with van der Waals surface area (Å²) in [4.78, 5) is 23.6. The summed E-state index contributed by atoms with van der Waals surface area (Å²) in [7, 11) is 0. The van der Waals surface area contributed by atoms with E-state index in [1.807, 2.05) is 64.2 Å². The van der Waals surface area contributed by atoms with Gasteiger partial charge in [0.1, 0.15) is 5.75 Å². The number of nitrogens with one attached hydrogen (secondary N) is 2. The van der Waals surface area contributed by atoms with Crippen LogP contribution in [0.3, 0.4) is 0 Å². The number of aromatic carboxylic acids is 1. The minimum Gasteiger partial charge on any atom is -0.482 e. The van der Waals surface area contributed by atoms with Crippen LogP contribution in [0.4, 0.5) is 5.69 Å². The van der Waals surface area contributed by atoms with Crippen molar-refractivity contribution in [3.05, 3.63) is 51.5 Å². The molecule has 3 N–H and O–H groups in total.